The third-order valence-corrected chi connectivity index (χ3v) is 6.90. The van der Waals surface area contributed by atoms with Crippen molar-refractivity contribution in [1.29, 1.82) is 0 Å². The predicted molar refractivity (Wildman–Crippen MR) is 104 cm³/mol. The molecule has 2 aromatic rings. The summed E-state index contributed by atoms with van der Waals surface area (Å²) in [6.07, 6.45) is 7.01. The minimum atomic E-state index is 0.266. The summed E-state index contributed by atoms with van der Waals surface area (Å²) in [6, 6.07) is 7.63. The number of nitrogens with zero attached hydrogens (tertiary/aromatic N) is 3. The highest BCUT2D eigenvalue weighted by atomic mass is 32.1. The van der Waals surface area contributed by atoms with Gasteiger partial charge in [0.05, 0.1) is 17.2 Å². The first-order valence-electron chi connectivity index (χ1n) is 9.73. The van der Waals surface area contributed by atoms with Gasteiger partial charge in [-0.2, -0.15) is 0 Å². The Morgan fingerprint density at radius 2 is 2.04 bits per heavy atom. The first kappa shape index (κ1) is 16.6. The van der Waals surface area contributed by atoms with Crippen LogP contribution in [0.1, 0.15) is 48.3 Å². The highest BCUT2D eigenvalue weighted by Gasteiger charge is 2.42. The highest BCUT2D eigenvalue weighted by molar-refractivity contribution is 7.09. The molecule has 4 unspecified atom stereocenters. The Morgan fingerprint density at radius 3 is 2.88 bits per heavy atom. The van der Waals surface area contributed by atoms with Gasteiger partial charge in [-0.15, -0.1) is 11.3 Å². The van der Waals surface area contributed by atoms with Gasteiger partial charge < -0.3 is 10.2 Å². The number of pyridine rings is 1. The first-order chi connectivity index (χ1) is 12.9. The number of fused-ring (bicyclic) bond motifs is 1. The van der Waals surface area contributed by atoms with Crippen molar-refractivity contribution in [1.82, 2.24) is 26.1 Å². The van der Waals surface area contributed by atoms with Crippen molar-refractivity contribution in [2.24, 2.45) is 5.92 Å². The standard InChI is InChI=1S/C19H26N6S/c1-2-7-25(8-3-1)18-6-4-5-14(22-18)19-13-9-15(17-11-20-12-26-17)21-10-16(13)23-24-19/h4-6,11-13,15-16,19,21,23-24H,1-3,7-10H2. The second-order valence-electron chi connectivity index (χ2n) is 7.61. The van der Waals surface area contributed by atoms with Crippen LogP contribution < -0.4 is 21.1 Å². The molecule has 3 fully saturated rings. The fraction of sp³-hybridized carbons (Fsp3) is 0.579. The van der Waals surface area contributed by atoms with Crippen molar-refractivity contribution in [3.63, 3.8) is 0 Å². The molecule has 7 heteroatoms. The maximum absolute atomic E-state index is 5.05. The third-order valence-electron chi connectivity index (χ3n) is 6.01. The van der Waals surface area contributed by atoms with E-state index < -0.39 is 0 Å². The quantitative estimate of drug-likeness (QED) is 0.771. The molecule has 6 nitrogen and oxygen atoms in total. The molecular formula is C19H26N6S. The number of rotatable bonds is 3. The zero-order valence-electron chi connectivity index (χ0n) is 14.9. The molecular weight excluding hydrogens is 344 g/mol. The minimum absolute atomic E-state index is 0.266. The fourth-order valence-electron chi connectivity index (χ4n) is 4.59. The minimum Gasteiger partial charge on any atom is -0.357 e. The Bertz CT molecular complexity index is 729. The number of hydrogen-bond donors (Lipinski definition) is 3. The molecule has 5 heterocycles. The summed E-state index contributed by atoms with van der Waals surface area (Å²) in [7, 11) is 0. The van der Waals surface area contributed by atoms with Crippen molar-refractivity contribution >= 4 is 17.2 Å². The van der Waals surface area contributed by atoms with Crippen molar-refractivity contribution in [2.45, 2.75) is 43.8 Å². The lowest BCUT2D eigenvalue weighted by Crippen LogP contribution is -2.46. The van der Waals surface area contributed by atoms with E-state index in [0.717, 1.165) is 37.6 Å². The Morgan fingerprint density at radius 1 is 1.12 bits per heavy atom. The molecule has 138 valence electrons. The average molecular weight is 371 g/mol. The lowest BCUT2D eigenvalue weighted by Gasteiger charge is -2.34. The maximum atomic E-state index is 5.05. The molecule has 0 bridgehead atoms. The Labute approximate surface area is 158 Å². The molecule has 0 amide bonds. The topological polar surface area (TPSA) is 65.1 Å². The van der Waals surface area contributed by atoms with Crippen molar-refractivity contribution in [2.75, 3.05) is 24.5 Å². The number of piperidine rings is 2. The van der Waals surface area contributed by atoms with Gasteiger partial charge in [0.2, 0.25) is 0 Å². The van der Waals surface area contributed by atoms with E-state index in [1.807, 2.05) is 11.7 Å². The Kier molecular flexibility index (Phi) is 4.62. The van der Waals surface area contributed by atoms with Crippen LogP contribution in [0.15, 0.2) is 29.9 Å². The maximum Gasteiger partial charge on any atom is 0.128 e. The second kappa shape index (κ2) is 7.23. The number of hydrazine groups is 1. The molecule has 3 aliphatic heterocycles. The number of anilines is 1. The van der Waals surface area contributed by atoms with Gasteiger partial charge in [-0.05, 0) is 37.8 Å². The van der Waals surface area contributed by atoms with E-state index in [1.165, 1.54) is 24.1 Å². The first-order valence-corrected chi connectivity index (χ1v) is 10.6. The van der Waals surface area contributed by atoms with Crippen molar-refractivity contribution in [3.05, 3.63) is 40.5 Å². The van der Waals surface area contributed by atoms with Crippen LogP contribution in [-0.4, -0.2) is 35.6 Å². The third kappa shape index (κ3) is 3.13. The van der Waals surface area contributed by atoms with Crippen molar-refractivity contribution < 1.29 is 0 Å². The molecule has 3 saturated heterocycles. The fourth-order valence-corrected chi connectivity index (χ4v) is 5.30. The summed E-state index contributed by atoms with van der Waals surface area (Å²) in [5, 5.41) is 3.67. The van der Waals surface area contributed by atoms with Gasteiger partial charge in [0.25, 0.3) is 0 Å². The number of aromatic nitrogens is 2. The molecule has 0 aliphatic carbocycles. The second-order valence-corrected chi connectivity index (χ2v) is 8.52. The normalized spacial score (nSPS) is 31.8. The molecule has 5 rings (SSSR count). The molecule has 26 heavy (non-hydrogen) atoms. The molecule has 0 spiro atoms. The van der Waals surface area contributed by atoms with Crippen LogP contribution in [-0.2, 0) is 0 Å². The van der Waals surface area contributed by atoms with Crippen LogP contribution in [0.4, 0.5) is 5.82 Å². The van der Waals surface area contributed by atoms with E-state index in [9.17, 15) is 0 Å². The van der Waals surface area contributed by atoms with Gasteiger partial charge in [0.15, 0.2) is 0 Å². The zero-order chi connectivity index (χ0) is 17.3. The number of thiazole rings is 1. The Balaban J connectivity index is 1.36. The summed E-state index contributed by atoms with van der Waals surface area (Å²) in [4.78, 5) is 13.1. The highest BCUT2D eigenvalue weighted by Crippen LogP contribution is 2.39. The summed E-state index contributed by atoms with van der Waals surface area (Å²) in [5.74, 6) is 1.67. The molecule has 2 aromatic heterocycles. The summed E-state index contributed by atoms with van der Waals surface area (Å²) < 4.78 is 0. The zero-order valence-corrected chi connectivity index (χ0v) is 15.7. The van der Waals surface area contributed by atoms with Gasteiger partial charge in [-0.3, -0.25) is 10.4 Å². The molecule has 0 aromatic carbocycles. The lowest BCUT2D eigenvalue weighted by atomic mass is 9.83. The van der Waals surface area contributed by atoms with Gasteiger partial charge in [-0.25, -0.2) is 10.4 Å². The molecule has 0 radical (unpaired) electrons. The summed E-state index contributed by atoms with van der Waals surface area (Å²) in [5.41, 5.74) is 10.1. The summed E-state index contributed by atoms with van der Waals surface area (Å²) >= 11 is 1.75. The largest absolute Gasteiger partial charge is 0.357 e. The Hall–Kier alpha value is -1.54. The predicted octanol–water partition coefficient (Wildman–Crippen LogP) is 2.40. The van der Waals surface area contributed by atoms with Gasteiger partial charge in [-0.1, -0.05) is 6.07 Å². The SMILES string of the molecule is c1cc(C2NNC3CNC(c4cncs4)CC32)nc(N2CCCCC2)c1. The number of nitrogens with one attached hydrogen (secondary N) is 3. The van der Waals surface area contributed by atoms with E-state index in [-0.39, 0.29) is 6.04 Å². The molecule has 3 aliphatic rings. The van der Waals surface area contributed by atoms with E-state index >= 15 is 0 Å². The van der Waals surface area contributed by atoms with E-state index in [0.29, 0.717) is 18.0 Å². The van der Waals surface area contributed by atoms with E-state index in [1.54, 1.807) is 11.3 Å². The summed E-state index contributed by atoms with van der Waals surface area (Å²) in [6.45, 7) is 3.25. The average Bonchev–Trinajstić information content (AvgIpc) is 3.38. The van der Waals surface area contributed by atoms with Gasteiger partial charge >= 0.3 is 0 Å². The van der Waals surface area contributed by atoms with Crippen LogP contribution in [0, 0.1) is 5.92 Å². The van der Waals surface area contributed by atoms with Crippen molar-refractivity contribution in [3.8, 4) is 0 Å². The van der Waals surface area contributed by atoms with Crippen LogP contribution in [0.3, 0.4) is 0 Å². The van der Waals surface area contributed by atoms with E-state index in [4.69, 9.17) is 4.98 Å². The lowest BCUT2D eigenvalue weighted by molar-refractivity contribution is 0.267. The smallest absolute Gasteiger partial charge is 0.128 e. The van der Waals surface area contributed by atoms with Gasteiger partial charge in [0.1, 0.15) is 5.82 Å². The van der Waals surface area contributed by atoms with Crippen LogP contribution in [0.2, 0.25) is 0 Å². The van der Waals surface area contributed by atoms with Gasteiger partial charge in [0, 0.05) is 48.7 Å². The molecule has 3 N–H and O–H groups in total. The molecule has 4 atom stereocenters. The molecule has 0 saturated carbocycles. The number of hydrogen-bond acceptors (Lipinski definition) is 7. The van der Waals surface area contributed by atoms with E-state index in [2.05, 4.69) is 44.3 Å². The van der Waals surface area contributed by atoms with Crippen LogP contribution >= 0.6 is 11.3 Å². The monoisotopic (exact) mass is 370 g/mol. The van der Waals surface area contributed by atoms with Crippen LogP contribution in [0.5, 0.6) is 0 Å². The van der Waals surface area contributed by atoms with Crippen LogP contribution in [0.25, 0.3) is 0 Å².